The van der Waals surface area contributed by atoms with Crippen molar-refractivity contribution in [2.75, 3.05) is 13.1 Å². The molecule has 0 aliphatic rings. The molecule has 0 radical (unpaired) electrons. The van der Waals surface area contributed by atoms with E-state index >= 15 is 0 Å². The third kappa shape index (κ3) is 4.89. The van der Waals surface area contributed by atoms with Crippen LogP contribution in [0.2, 0.25) is 0 Å². The number of para-hydroxylation sites is 1. The first-order chi connectivity index (χ1) is 14.8. The lowest BCUT2D eigenvalue weighted by Gasteiger charge is -2.12. The smallest absolute Gasteiger partial charge is 0.191 e. The zero-order valence-corrected chi connectivity index (χ0v) is 17.3. The molecule has 6 heteroatoms. The molecule has 0 spiro atoms. The Labute approximate surface area is 177 Å². The summed E-state index contributed by atoms with van der Waals surface area (Å²) in [6.07, 6.45) is 6.87. The van der Waals surface area contributed by atoms with Crippen LogP contribution in [-0.4, -0.2) is 33.6 Å². The number of hydrogen-bond acceptors (Lipinski definition) is 2. The first-order valence-corrected chi connectivity index (χ1v) is 10.4. The molecule has 0 aliphatic carbocycles. The van der Waals surface area contributed by atoms with Gasteiger partial charge in [0.05, 0.1) is 0 Å². The van der Waals surface area contributed by atoms with E-state index in [0.717, 1.165) is 37.8 Å². The van der Waals surface area contributed by atoms with Crippen LogP contribution in [0.1, 0.15) is 23.9 Å². The second-order valence-electron chi connectivity index (χ2n) is 7.19. The molecule has 0 atom stereocenters. The highest BCUT2D eigenvalue weighted by Gasteiger charge is 2.06. The van der Waals surface area contributed by atoms with Crippen LogP contribution in [0.4, 0.5) is 0 Å². The fourth-order valence-corrected chi connectivity index (χ4v) is 3.56. The average molecular weight is 401 g/mol. The van der Waals surface area contributed by atoms with Gasteiger partial charge in [-0.2, -0.15) is 0 Å². The number of aromatic amines is 1. The Balaban J connectivity index is 1.37. The largest absolute Gasteiger partial charge is 0.361 e. The topological polar surface area (TPSA) is 70.0 Å². The number of aromatic nitrogens is 3. The predicted molar refractivity (Wildman–Crippen MR) is 123 cm³/mol. The predicted octanol–water partition coefficient (Wildman–Crippen LogP) is 3.71. The number of guanidine groups is 1. The van der Waals surface area contributed by atoms with E-state index in [4.69, 9.17) is 4.99 Å². The molecule has 4 aromatic rings. The summed E-state index contributed by atoms with van der Waals surface area (Å²) in [5.74, 6) is 1.76. The van der Waals surface area contributed by atoms with Gasteiger partial charge < -0.3 is 20.2 Å². The van der Waals surface area contributed by atoms with Gasteiger partial charge in [-0.1, -0.05) is 48.5 Å². The molecule has 30 heavy (non-hydrogen) atoms. The van der Waals surface area contributed by atoms with Crippen LogP contribution < -0.4 is 10.6 Å². The molecule has 2 aromatic carbocycles. The fraction of sp³-hybridized carbons (Fsp3) is 0.250. The minimum absolute atomic E-state index is 0.530. The molecule has 0 saturated heterocycles. The number of aliphatic imine (C=N–C) groups is 1. The molecule has 0 bridgehead atoms. The molecule has 2 aromatic heterocycles. The second-order valence-corrected chi connectivity index (χ2v) is 7.19. The first kappa shape index (κ1) is 19.8. The molecule has 3 N–H and O–H groups in total. The number of hydrogen-bond donors (Lipinski definition) is 3. The summed E-state index contributed by atoms with van der Waals surface area (Å²) < 4.78 is 2.15. The summed E-state index contributed by atoms with van der Waals surface area (Å²) in [5.41, 5.74) is 3.75. The Bertz CT molecular complexity index is 1090. The quantitative estimate of drug-likeness (QED) is 0.312. The van der Waals surface area contributed by atoms with Crippen molar-refractivity contribution in [2.45, 2.75) is 26.4 Å². The van der Waals surface area contributed by atoms with Gasteiger partial charge in [0.2, 0.25) is 0 Å². The number of nitrogens with one attached hydrogen (secondary N) is 3. The molecular formula is C24H28N6. The van der Waals surface area contributed by atoms with Crippen LogP contribution in [0.5, 0.6) is 0 Å². The standard InChI is InChI=1S/C24H28N6/c1-2-25-24(27-13-12-20-16-28-22-11-7-6-10-21(20)22)29-17-23-26-14-15-30(23)18-19-8-4-3-5-9-19/h3-11,14-16,28H,2,12-13,17-18H2,1H3,(H2,25,27,29). The van der Waals surface area contributed by atoms with Gasteiger partial charge in [-0.25, -0.2) is 9.98 Å². The SMILES string of the molecule is CCNC(=NCc1nccn1Cc1ccccc1)NCCc1c[nH]c2ccccc12. The van der Waals surface area contributed by atoms with Crippen molar-refractivity contribution in [1.82, 2.24) is 25.2 Å². The van der Waals surface area contributed by atoms with Gasteiger partial charge in [0.25, 0.3) is 0 Å². The van der Waals surface area contributed by atoms with E-state index in [2.05, 4.69) is 86.8 Å². The first-order valence-electron chi connectivity index (χ1n) is 10.4. The maximum Gasteiger partial charge on any atom is 0.191 e. The van der Waals surface area contributed by atoms with Crippen LogP contribution in [0.15, 0.2) is 78.2 Å². The Morgan fingerprint density at radius 3 is 2.77 bits per heavy atom. The van der Waals surface area contributed by atoms with E-state index in [-0.39, 0.29) is 0 Å². The molecule has 0 unspecified atom stereocenters. The maximum absolute atomic E-state index is 4.74. The number of benzene rings is 2. The van der Waals surface area contributed by atoms with Crippen molar-refractivity contribution in [1.29, 1.82) is 0 Å². The highest BCUT2D eigenvalue weighted by molar-refractivity contribution is 5.83. The molecule has 154 valence electrons. The van der Waals surface area contributed by atoms with Crippen LogP contribution in [-0.2, 0) is 19.5 Å². The van der Waals surface area contributed by atoms with E-state index in [1.54, 1.807) is 0 Å². The van der Waals surface area contributed by atoms with E-state index in [0.29, 0.717) is 6.54 Å². The molecule has 2 heterocycles. The minimum atomic E-state index is 0.530. The monoisotopic (exact) mass is 400 g/mol. The number of fused-ring (bicyclic) bond motifs is 1. The number of nitrogens with zero attached hydrogens (tertiary/aromatic N) is 3. The van der Waals surface area contributed by atoms with Crippen LogP contribution in [0, 0.1) is 0 Å². The van der Waals surface area contributed by atoms with Crippen molar-refractivity contribution >= 4 is 16.9 Å². The lowest BCUT2D eigenvalue weighted by molar-refractivity contribution is 0.716. The van der Waals surface area contributed by atoms with Crippen molar-refractivity contribution in [3.8, 4) is 0 Å². The highest BCUT2D eigenvalue weighted by Crippen LogP contribution is 2.17. The van der Waals surface area contributed by atoms with Crippen LogP contribution in [0.25, 0.3) is 10.9 Å². The summed E-state index contributed by atoms with van der Waals surface area (Å²) in [5, 5.41) is 8.05. The molecule has 0 aliphatic heterocycles. The van der Waals surface area contributed by atoms with Crippen molar-refractivity contribution in [3.63, 3.8) is 0 Å². The summed E-state index contributed by atoms with van der Waals surface area (Å²) in [6.45, 7) is 5.04. The van der Waals surface area contributed by atoms with Gasteiger partial charge in [0.15, 0.2) is 5.96 Å². The summed E-state index contributed by atoms with van der Waals surface area (Å²) in [7, 11) is 0. The highest BCUT2D eigenvalue weighted by atomic mass is 15.2. The summed E-state index contributed by atoms with van der Waals surface area (Å²) in [4.78, 5) is 12.6. The third-order valence-electron chi connectivity index (χ3n) is 5.08. The van der Waals surface area contributed by atoms with E-state index in [1.807, 2.05) is 18.5 Å². The molecular weight excluding hydrogens is 372 g/mol. The fourth-order valence-electron chi connectivity index (χ4n) is 3.56. The van der Waals surface area contributed by atoms with Crippen LogP contribution in [0.3, 0.4) is 0 Å². The second kappa shape index (κ2) is 9.78. The van der Waals surface area contributed by atoms with Gasteiger partial charge in [-0.15, -0.1) is 0 Å². The van der Waals surface area contributed by atoms with Crippen molar-refractivity contribution < 1.29 is 0 Å². The van der Waals surface area contributed by atoms with Gasteiger partial charge in [-0.3, -0.25) is 0 Å². The zero-order valence-electron chi connectivity index (χ0n) is 17.3. The lowest BCUT2D eigenvalue weighted by atomic mass is 10.1. The molecule has 0 amide bonds. The normalized spacial score (nSPS) is 11.7. The zero-order chi connectivity index (χ0) is 20.6. The molecule has 4 rings (SSSR count). The summed E-state index contributed by atoms with van der Waals surface area (Å²) in [6, 6.07) is 18.8. The Kier molecular flexibility index (Phi) is 6.44. The van der Waals surface area contributed by atoms with E-state index < -0.39 is 0 Å². The molecule has 0 fully saturated rings. The van der Waals surface area contributed by atoms with Gasteiger partial charge >= 0.3 is 0 Å². The number of imidazole rings is 1. The van der Waals surface area contributed by atoms with Gasteiger partial charge in [0.1, 0.15) is 12.4 Å². The van der Waals surface area contributed by atoms with Crippen LogP contribution >= 0.6 is 0 Å². The van der Waals surface area contributed by atoms with Crippen molar-refractivity contribution in [2.24, 2.45) is 4.99 Å². The molecule has 0 saturated carbocycles. The minimum Gasteiger partial charge on any atom is -0.361 e. The van der Waals surface area contributed by atoms with Gasteiger partial charge in [-0.05, 0) is 30.5 Å². The Morgan fingerprint density at radius 1 is 1.07 bits per heavy atom. The van der Waals surface area contributed by atoms with Gasteiger partial charge in [0, 0.05) is 49.1 Å². The lowest BCUT2D eigenvalue weighted by Crippen LogP contribution is -2.38. The molecule has 6 nitrogen and oxygen atoms in total. The van der Waals surface area contributed by atoms with Crippen molar-refractivity contribution in [3.05, 3.63) is 90.1 Å². The van der Waals surface area contributed by atoms with E-state index in [9.17, 15) is 0 Å². The average Bonchev–Trinajstić information content (AvgIpc) is 3.40. The number of H-pyrrole nitrogens is 1. The number of rotatable bonds is 8. The van der Waals surface area contributed by atoms with E-state index in [1.165, 1.54) is 22.0 Å². The maximum atomic E-state index is 4.74. The Hall–Kier alpha value is -3.54. The Morgan fingerprint density at radius 2 is 1.90 bits per heavy atom. The summed E-state index contributed by atoms with van der Waals surface area (Å²) >= 11 is 0. The third-order valence-corrected chi connectivity index (χ3v) is 5.08.